The Morgan fingerprint density at radius 1 is 1.16 bits per heavy atom. The van der Waals surface area contributed by atoms with E-state index in [9.17, 15) is 4.79 Å². The number of aryl methyl sites for hydroxylation is 1. The van der Waals surface area contributed by atoms with Crippen LogP contribution in [0.3, 0.4) is 0 Å². The normalized spacial score (nSPS) is 10.6. The molecule has 0 bridgehead atoms. The van der Waals surface area contributed by atoms with Crippen molar-refractivity contribution >= 4 is 17.5 Å². The highest BCUT2D eigenvalue weighted by Crippen LogP contribution is 2.14. The van der Waals surface area contributed by atoms with Crippen LogP contribution in [0, 0.1) is 0 Å². The molecule has 25 heavy (non-hydrogen) atoms. The lowest BCUT2D eigenvalue weighted by Gasteiger charge is -2.05. The summed E-state index contributed by atoms with van der Waals surface area (Å²) in [5, 5.41) is 15.7. The minimum absolute atomic E-state index is 0.0145. The molecule has 0 radical (unpaired) electrons. The number of nitrogens with zero attached hydrogens (tertiary/aromatic N) is 4. The monoisotopic (exact) mass is 355 g/mol. The second kappa shape index (κ2) is 7.90. The number of tetrazole rings is 1. The molecule has 1 aromatic heterocycles. The quantitative estimate of drug-likeness (QED) is 0.738. The van der Waals surface area contributed by atoms with E-state index in [1.54, 1.807) is 6.07 Å². The minimum atomic E-state index is -0.190. The third-order valence-corrected chi connectivity index (χ3v) is 3.97. The van der Waals surface area contributed by atoms with Crippen LogP contribution in [0.25, 0.3) is 11.4 Å². The summed E-state index contributed by atoms with van der Waals surface area (Å²) in [6.07, 6.45) is 0.979. The van der Waals surface area contributed by atoms with Crippen LogP contribution in [0.4, 0.5) is 0 Å². The number of hydrogen-bond donors (Lipinski definition) is 1. The van der Waals surface area contributed by atoms with E-state index >= 15 is 0 Å². The van der Waals surface area contributed by atoms with Crippen molar-refractivity contribution in [3.05, 3.63) is 64.7 Å². The molecule has 0 unspecified atom stereocenters. The Balaban J connectivity index is 1.57. The molecule has 0 spiro atoms. The maximum absolute atomic E-state index is 12.0. The molecule has 3 aromatic rings. The van der Waals surface area contributed by atoms with Crippen LogP contribution in [-0.4, -0.2) is 26.1 Å². The van der Waals surface area contributed by atoms with Gasteiger partial charge in [-0.05, 0) is 34.9 Å². The maximum Gasteiger partial charge on any atom is 0.243 e. The predicted octanol–water partition coefficient (Wildman–Crippen LogP) is 2.87. The summed E-state index contributed by atoms with van der Waals surface area (Å²) in [6, 6.07) is 15.3. The molecule has 0 saturated carbocycles. The van der Waals surface area contributed by atoms with Crippen LogP contribution in [0.2, 0.25) is 5.02 Å². The Morgan fingerprint density at radius 3 is 2.68 bits per heavy atom. The van der Waals surface area contributed by atoms with Crippen molar-refractivity contribution in [3.63, 3.8) is 0 Å². The Morgan fingerprint density at radius 2 is 1.96 bits per heavy atom. The van der Waals surface area contributed by atoms with Gasteiger partial charge >= 0.3 is 0 Å². The van der Waals surface area contributed by atoms with Crippen LogP contribution >= 0.6 is 11.6 Å². The molecule has 1 heterocycles. The summed E-state index contributed by atoms with van der Waals surface area (Å²) in [6.45, 7) is 2.52. The van der Waals surface area contributed by atoms with E-state index in [1.807, 2.05) is 42.5 Å². The van der Waals surface area contributed by atoms with Crippen molar-refractivity contribution in [1.29, 1.82) is 0 Å². The first-order valence-electron chi connectivity index (χ1n) is 8.02. The molecule has 128 valence electrons. The highest BCUT2D eigenvalue weighted by atomic mass is 35.5. The number of amides is 1. The summed E-state index contributed by atoms with van der Waals surface area (Å²) >= 11 is 5.92. The van der Waals surface area contributed by atoms with Gasteiger partial charge in [0.15, 0.2) is 0 Å². The van der Waals surface area contributed by atoms with Crippen molar-refractivity contribution in [3.8, 4) is 11.4 Å². The van der Waals surface area contributed by atoms with Crippen LogP contribution in [0.1, 0.15) is 18.1 Å². The number of rotatable bonds is 6. The van der Waals surface area contributed by atoms with Gasteiger partial charge < -0.3 is 5.32 Å². The molecule has 3 rings (SSSR count). The van der Waals surface area contributed by atoms with E-state index < -0.39 is 0 Å². The zero-order valence-electron chi connectivity index (χ0n) is 13.8. The largest absolute Gasteiger partial charge is 0.350 e. The predicted molar refractivity (Wildman–Crippen MR) is 95.9 cm³/mol. The number of hydrogen-bond acceptors (Lipinski definition) is 4. The van der Waals surface area contributed by atoms with Gasteiger partial charge in [0, 0.05) is 17.1 Å². The number of aromatic nitrogens is 4. The molecular formula is C18H18ClN5O. The summed E-state index contributed by atoms with van der Waals surface area (Å²) < 4.78 is 0. The Bertz CT molecular complexity index is 860. The maximum atomic E-state index is 12.0. The first-order chi connectivity index (χ1) is 12.1. The van der Waals surface area contributed by atoms with Crippen molar-refractivity contribution in [2.75, 3.05) is 0 Å². The highest BCUT2D eigenvalue weighted by Gasteiger charge is 2.09. The van der Waals surface area contributed by atoms with E-state index in [1.165, 1.54) is 10.4 Å². The number of benzene rings is 2. The van der Waals surface area contributed by atoms with E-state index in [2.05, 4.69) is 27.7 Å². The minimum Gasteiger partial charge on any atom is -0.350 e. The first kappa shape index (κ1) is 17.1. The van der Waals surface area contributed by atoms with Crippen LogP contribution in [0.5, 0.6) is 0 Å². The molecule has 0 aliphatic heterocycles. The zero-order chi connectivity index (χ0) is 17.6. The van der Waals surface area contributed by atoms with Crippen LogP contribution in [0.15, 0.2) is 48.5 Å². The average Bonchev–Trinajstić information content (AvgIpc) is 3.08. The summed E-state index contributed by atoms with van der Waals surface area (Å²) in [4.78, 5) is 13.3. The van der Waals surface area contributed by atoms with Gasteiger partial charge in [0.25, 0.3) is 0 Å². The van der Waals surface area contributed by atoms with Crippen molar-refractivity contribution < 1.29 is 4.79 Å². The van der Waals surface area contributed by atoms with E-state index in [0.29, 0.717) is 17.4 Å². The van der Waals surface area contributed by atoms with E-state index in [4.69, 9.17) is 11.6 Å². The number of carbonyl (C=O) groups is 1. The molecular weight excluding hydrogens is 338 g/mol. The highest BCUT2D eigenvalue weighted by molar-refractivity contribution is 6.30. The first-order valence-corrected chi connectivity index (χ1v) is 8.40. The SMILES string of the molecule is CCc1ccc(-c2nnn(CC(=O)NCc3cccc(Cl)c3)n2)cc1. The molecule has 0 fully saturated rings. The zero-order valence-corrected chi connectivity index (χ0v) is 14.6. The molecule has 1 N–H and O–H groups in total. The van der Waals surface area contributed by atoms with Crippen LogP contribution < -0.4 is 5.32 Å². The van der Waals surface area contributed by atoms with Gasteiger partial charge in [-0.1, -0.05) is 54.9 Å². The molecule has 2 aromatic carbocycles. The molecule has 1 amide bonds. The summed E-state index contributed by atoms with van der Waals surface area (Å²) in [5.74, 6) is 0.315. The number of nitrogens with one attached hydrogen (secondary N) is 1. The van der Waals surface area contributed by atoms with Gasteiger partial charge in [0.2, 0.25) is 11.7 Å². The topological polar surface area (TPSA) is 72.7 Å². The van der Waals surface area contributed by atoms with Crippen molar-refractivity contribution in [1.82, 2.24) is 25.5 Å². The standard InChI is InChI=1S/C18H18ClN5O/c1-2-13-6-8-15(9-7-13)18-21-23-24(22-18)12-17(25)20-11-14-4-3-5-16(19)10-14/h3-10H,2,11-12H2,1H3,(H,20,25). The molecule has 0 aliphatic rings. The van der Waals surface area contributed by atoms with Gasteiger partial charge in [0.05, 0.1) is 0 Å². The Kier molecular flexibility index (Phi) is 5.40. The molecule has 0 saturated heterocycles. The van der Waals surface area contributed by atoms with Gasteiger partial charge in [-0.3, -0.25) is 4.79 Å². The fraction of sp³-hybridized carbons (Fsp3) is 0.222. The van der Waals surface area contributed by atoms with E-state index in [0.717, 1.165) is 17.5 Å². The van der Waals surface area contributed by atoms with Crippen LogP contribution in [-0.2, 0) is 24.3 Å². The molecule has 0 atom stereocenters. The van der Waals surface area contributed by atoms with Crippen molar-refractivity contribution in [2.45, 2.75) is 26.4 Å². The lowest BCUT2D eigenvalue weighted by molar-refractivity contribution is -0.122. The number of halogens is 1. The van der Waals surface area contributed by atoms with Gasteiger partial charge in [-0.15, -0.1) is 10.2 Å². The molecule has 6 nitrogen and oxygen atoms in total. The van der Waals surface area contributed by atoms with Gasteiger partial charge in [-0.25, -0.2) is 0 Å². The Hall–Kier alpha value is -2.73. The summed E-state index contributed by atoms with van der Waals surface area (Å²) in [5.41, 5.74) is 3.06. The fourth-order valence-corrected chi connectivity index (χ4v) is 2.56. The van der Waals surface area contributed by atoms with E-state index in [-0.39, 0.29) is 12.5 Å². The summed E-state index contributed by atoms with van der Waals surface area (Å²) in [7, 11) is 0. The average molecular weight is 356 g/mol. The fourth-order valence-electron chi connectivity index (χ4n) is 2.35. The second-order valence-corrected chi connectivity index (χ2v) is 6.04. The van der Waals surface area contributed by atoms with Gasteiger partial charge in [0.1, 0.15) is 6.54 Å². The lowest BCUT2D eigenvalue weighted by atomic mass is 10.1. The Labute approximate surface area is 150 Å². The number of carbonyl (C=O) groups excluding carboxylic acids is 1. The smallest absolute Gasteiger partial charge is 0.243 e. The van der Waals surface area contributed by atoms with Gasteiger partial charge in [-0.2, -0.15) is 4.80 Å². The third-order valence-electron chi connectivity index (χ3n) is 3.74. The molecule has 0 aliphatic carbocycles. The van der Waals surface area contributed by atoms with Crippen molar-refractivity contribution in [2.24, 2.45) is 0 Å². The second-order valence-electron chi connectivity index (χ2n) is 5.60. The lowest BCUT2D eigenvalue weighted by Crippen LogP contribution is -2.28. The third kappa shape index (κ3) is 4.64. The molecule has 7 heteroatoms.